The van der Waals surface area contributed by atoms with Gasteiger partial charge in [0.2, 0.25) is 0 Å². The van der Waals surface area contributed by atoms with Crippen molar-refractivity contribution in [2.45, 2.75) is 20.8 Å². The van der Waals surface area contributed by atoms with Crippen LogP contribution in [0.1, 0.15) is 20.8 Å². The summed E-state index contributed by atoms with van der Waals surface area (Å²) in [6.07, 6.45) is 12.3. The van der Waals surface area contributed by atoms with E-state index >= 15 is 0 Å². The van der Waals surface area contributed by atoms with Gasteiger partial charge in [-0.05, 0) is 33.0 Å². The molecule has 0 aromatic heterocycles. The van der Waals surface area contributed by atoms with Crippen LogP contribution in [0.5, 0.6) is 0 Å². The van der Waals surface area contributed by atoms with E-state index in [9.17, 15) is 0 Å². The zero-order valence-corrected chi connectivity index (χ0v) is 8.33. The third kappa shape index (κ3) is 5.78. The lowest BCUT2D eigenvalue weighted by Crippen LogP contribution is -2.14. The summed E-state index contributed by atoms with van der Waals surface area (Å²) in [4.78, 5) is 2.25. The molecule has 0 rings (SSSR count). The van der Waals surface area contributed by atoms with Gasteiger partial charge in [-0.1, -0.05) is 24.3 Å². The summed E-state index contributed by atoms with van der Waals surface area (Å²) in [5.41, 5.74) is 0. The number of hydrogen-bond donors (Lipinski definition) is 0. The van der Waals surface area contributed by atoms with Crippen LogP contribution in [0.25, 0.3) is 0 Å². The van der Waals surface area contributed by atoms with Crippen LogP contribution in [-0.2, 0) is 0 Å². The molecule has 0 bridgehead atoms. The quantitative estimate of drug-likeness (QED) is 0.566. The molecule has 0 aromatic carbocycles. The van der Waals surface area contributed by atoms with Crippen molar-refractivity contribution in [3.8, 4) is 0 Å². The summed E-state index contributed by atoms with van der Waals surface area (Å²) >= 11 is 0. The Hall–Kier alpha value is -0.980. The van der Waals surface area contributed by atoms with Gasteiger partial charge >= 0.3 is 0 Å². The average Bonchev–Trinajstić information content (AvgIpc) is 2.11. The van der Waals surface area contributed by atoms with E-state index in [1.54, 1.807) is 0 Å². The molecule has 0 aromatic rings. The first-order chi connectivity index (χ1) is 5.85. The molecule has 0 N–H and O–H groups in total. The van der Waals surface area contributed by atoms with Crippen molar-refractivity contribution in [2.24, 2.45) is 0 Å². The van der Waals surface area contributed by atoms with Gasteiger partial charge in [0.1, 0.15) is 0 Å². The number of nitrogens with zero attached hydrogens (tertiary/aromatic N) is 1. The smallest absolute Gasteiger partial charge is 0.0143 e. The maximum absolute atomic E-state index is 2.25. The lowest BCUT2D eigenvalue weighted by Gasteiger charge is -2.13. The van der Waals surface area contributed by atoms with Crippen molar-refractivity contribution in [3.63, 3.8) is 0 Å². The van der Waals surface area contributed by atoms with Crippen LogP contribution in [0.15, 0.2) is 36.6 Å². The molecular weight excluding hydrogens is 146 g/mol. The standard InChI is InChI=1S/C11H19N/c1-4-7-8-9-10-11-12(5-2)6-3/h4,7-11H,5-6H2,1-3H3/b7-4+,9-8+,11-10+. The van der Waals surface area contributed by atoms with Crippen molar-refractivity contribution in [1.82, 2.24) is 4.90 Å². The minimum Gasteiger partial charge on any atom is -0.378 e. The molecule has 0 radical (unpaired) electrons. The Bertz CT molecular complexity index is 162. The highest BCUT2D eigenvalue weighted by molar-refractivity contribution is 5.10. The van der Waals surface area contributed by atoms with Crippen molar-refractivity contribution < 1.29 is 0 Å². The second-order valence-electron chi connectivity index (χ2n) is 2.47. The molecular formula is C11H19N. The molecule has 0 fully saturated rings. The number of allylic oxidation sites excluding steroid dienone is 5. The van der Waals surface area contributed by atoms with Gasteiger partial charge in [0, 0.05) is 13.1 Å². The maximum Gasteiger partial charge on any atom is 0.0143 e. The number of rotatable bonds is 5. The molecule has 0 aliphatic heterocycles. The minimum absolute atomic E-state index is 1.07. The SMILES string of the molecule is C/C=C/C=C/C=C/N(CC)CC. The van der Waals surface area contributed by atoms with Crippen LogP contribution in [0.3, 0.4) is 0 Å². The molecule has 0 unspecified atom stereocenters. The first-order valence-corrected chi connectivity index (χ1v) is 4.55. The topological polar surface area (TPSA) is 3.24 Å². The predicted molar refractivity (Wildman–Crippen MR) is 56.0 cm³/mol. The van der Waals surface area contributed by atoms with Gasteiger partial charge in [0.25, 0.3) is 0 Å². The fraction of sp³-hybridized carbons (Fsp3) is 0.455. The Labute approximate surface area is 76.1 Å². The van der Waals surface area contributed by atoms with Crippen molar-refractivity contribution in [2.75, 3.05) is 13.1 Å². The van der Waals surface area contributed by atoms with Crippen LogP contribution in [0.2, 0.25) is 0 Å². The molecule has 0 atom stereocenters. The largest absolute Gasteiger partial charge is 0.378 e. The fourth-order valence-corrected chi connectivity index (χ4v) is 0.845. The Morgan fingerprint density at radius 2 is 1.50 bits per heavy atom. The lowest BCUT2D eigenvalue weighted by atomic mass is 10.4. The van der Waals surface area contributed by atoms with Gasteiger partial charge in [-0.2, -0.15) is 0 Å². The van der Waals surface area contributed by atoms with Crippen molar-refractivity contribution >= 4 is 0 Å². The summed E-state index contributed by atoms with van der Waals surface area (Å²) in [5.74, 6) is 0. The average molecular weight is 165 g/mol. The Morgan fingerprint density at radius 1 is 0.917 bits per heavy atom. The van der Waals surface area contributed by atoms with Gasteiger partial charge in [-0.3, -0.25) is 0 Å². The molecule has 0 saturated carbocycles. The van der Waals surface area contributed by atoms with E-state index in [-0.39, 0.29) is 0 Å². The molecule has 0 spiro atoms. The number of hydrogen-bond acceptors (Lipinski definition) is 1. The Kier molecular flexibility index (Phi) is 7.46. The third-order valence-electron chi connectivity index (χ3n) is 1.64. The van der Waals surface area contributed by atoms with E-state index in [2.05, 4.69) is 31.0 Å². The Morgan fingerprint density at radius 3 is 2.00 bits per heavy atom. The second kappa shape index (κ2) is 8.12. The van der Waals surface area contributed by atoms with Crippen LogP contribution >= 0.6 is 0 Å². The summed E-state index contributed by atoms with van der Waals surface area (Å²) < 4.78 is 0. The zero-order chi connectivity index (χ0) is 9.23. The van der Waals surface area contributed by atoms with Gasteiger partial charge in [0.15, 0.2) is 0 Å². The first-order valence-electron chi connectivity index (χ1n) is 4.55. The second-order valence-corrected chi connectivity index (χ2v) is 2.47. The highest BCUT2D eigenvalue weighted by Crippen LogP contribution is 1.88. The molecule has 0 saturated heterocycles. The normalized spacial score (nSPS) is 12.2. The highest BCUT2D eigenvalue weighted by Gasteiger charge is 1.85. The van der Waals surface area contributed by atoms with E-state index in [4.69, 9.17) is 0 Å². The highest BCUT2D eigenvalue weighted by atomic mass is 15.1. The van der Waals surface area contributed by atoms with Gasteiger partial charge in [-0.15, -0.1) is 0 Å². The van der Waals surface area contributed by atoms with E-state index in [1.165, 1.54) is 0 Å². The fourth-order valence-electron chi connectivity index (χ4n) is 0.845. The zero-order valence-electron chi connectivity index (χ0n) is 8.33. The van der Waals surface area contributed by atoms with Crippen molar-refractivity contribution in [3.05, 3.63) is 36.6 Å². The molecule has 1 heteroatoms. The molecule has 0 heterocycles. The molecule has 12 heavy (non-hydrogen) atoms. The van der Waals surface area contributed by atoms with Crippen LogP contribution in [-0.4, -0.2) is 18.0 Å². The summed E-state index contributed by atoms with van der Waals surface area (Å²) in [5, 5.41) is 0. The molecule has 0 aliphatic carbocycles. The van der Waals surface area contributed by atoms with Crippen molar-refractivity contribution in [1.29, 1.82) is 0 Å². The van der Waals surface area contributed by atoms with Crippen LogP contribution in [0, 0.1) is 0 Å². The molecule has 68 valence electrons. The van der Waals surface area contributed by atoms with E-state index in [1.807, 2.05) is 31.2 Å². The van der Waals surface area contributed by atoms with E-state index in [0.717, 1.165) is 13.1 Å². The molecule has 0 amide bonds. The first kappa shape index (κ1) is 11.0. The Balaban J connectivity index is 3.72. The summed E-state index contributed by atoms with van der Waals surface area (Å²) in [7, 11) is 0. The van der Waals surface area contributed by atoms with Gasteiger partial charge in [0.05, 0.1) is 0 Å². The summed E-state index contributed by atoms with van der Waals surface area (Å²) in [6.45, 7) is 8.47. The van der Waals surface area contributed by atoms with E-state index < -0.39 is 0 Å². The predicted octanol–water partition coefficient (Wildman–Crippen LogP) is 2.97. The lowest BCUT2D eigenvalue weighted by molar-refractivity contribution is 0.419. The van der Waals surface area contributed by atoms with E-state index in [0.29, 0.717) is 0 Å². The monoisotopic (exact) mass is 165 g/mol. The summed E-state index contributed by atoms with van der Waals surface area (Å²) in [6, 6.07) is 0. The minimum atomic E-state index is 1.07. The molecule has 1 nitrogen and oxygen atoms in total. The van der Waals surface area contributed by atoms with Crippen LogP contribution in [0.4, 0.5) is 0 Å². The molecule has 0 aliphatic rings. The van der Waals surface area contributed by atoms with Gasteiger partial charge in [-0.25, -0.2) is 0 Å². The van der Waals surface area contributed by atoms with Gasteiger partial charge < -0.3 is 4.90 Å². The third-order valence-corrected chi connectivity index (χ3v) is 1.64. The maximum atomic E-state index is 2.25. The van der Waals surface area contributed by atoms with Crippen LogP contribution < -0.4 is 0 Å².